The van der Waals surface area contributed by atoms with Crippen LogP contribution in [0.3, 0.4) is 0 Å². The van der Waals surface area contributed by atoms with Crippen LogP contribution in [0.1, 0.15) is 25.7 Å². The second kappa shape index (κ2) is 3.91. The van der Waals surface area contributed by atoms with Gasteiger partial charge in [-0.2, -0.15) is 0 Å². The summed E-state index contributed by atoms with van der Waals surface area (Å²) in [5, 5.41) is 0. The molecular formula is C6H14BN2. The highest BCUT2D eigenvalue weighted by atomic mass is 14.8. The van der Waals surface area contributed by atoms with Gasteiger partial charge in [0.15, 0.2) is 0 Å². The molecular weight excluding hydrogens is 111 g/mol. The van der Waals surface area contributed by atoms with Crippen molar-refractivity contribution in [2.45, 2.75) is 37.8 Å². The fraction of sp³-hybridized carbons (Fsp3) is 1.00. The molecule has 0 heterocycles. The number of nitrogens with two attached hydrogens (primary N) is 2. The molecule has 0 unspecified atom stereocenters. The molecule has 51 valence electrons. The standard InChI is InChI=1S/C6H14N2.B/c7-5-3-1-2-4-6(5)8;/h5-6H,1-4,7-8H2;/t5-,6-;/m1./s1. The highest BCUT2D eigenvalue weighted by Gasteiger charge is 2.16. The molecule has 2 nitrogen and oxygen atoms in total. The maximum absolute atomic E-state index is 5.65. The van der Waals surface area contributed by atoms with Gasteiger partial charge in [0, 0.05) is 20.5 Å². The first kappa shape index (κ1) is 8.98. The van der Waals surface area contributed by atoms with Crippen LogP contribution in [0.15, 0.2) is 0 Å². The topological polar surface area (TPSA) is 52.0 Å². The molecule has 1 aliphatic carbocycles. The Morgan fingerprint density at radius 1 is 0.889 bits per heavy atom. The van der Waals surface area contributed by atoms with Crippen molar-refractivity contribution in [2.75, 3.05) is 0 Å². The zero-order chi connectivity index (χ0) is 5.98. The summed E-state index contributed by atoms with van der Waals surface area (Å²) < 4.78 is 0. The first-order chi connectivity index (χ1) is 3.80. The first-order valence-electron chi connectivity index (χ1n) is 3.32. The second-order valence-electron chi connectivity index (χ2n) is 2.61. The fourth-order valence-electron chi connectivity index (χ4n) is 1.19. The molecule has 0 aromatic rings. The Morgan fingerprint density at radius 3 is 1.44 bits per heavy atom. The monoisotopic (exact) mass is 125 g/mol. The smallest absolute Gasteiger partial charge is 0.0192 e. The van der Waals surface area contributed by atoms with E-state index in [2.05, 4.69) is 0 Å². The maximum atomic E-state index is 5.65. The van der Waals surface area contributed by atoms with E-state index in [-0.39, 0.29) is 20.5 Å². The molecule has 0 aliphatic heterocycles. The van der Waals surface area contributed by atoms with Crippen LogP contribution < -0.4 is 11.5 Å². The summed E-state index contributed by atoms with van der Waals surface area (Å²) in [6, 6.07) is 0.562. The normalized spacial score (nSPS) is 35.3. The van der Waals surface area contributed by atoms with Gasteiger partial charge in [-0.05, 0) is 12.8 Å². The highest BCUT2D eigenvalue weighted by molar-refractivity contribution is 5.75. The Kier molecular flexibility index (Phi) is 3.90. The van der Waals surface area contributed by atoms with Crippen LogP contribution in [-0.4, -0.2) is 20.5 Å². The van der Waals surface area contributed by atoms with Crippen molar-refractivity contribution in [3.8, 4) is 0 Å². The molecule has 0 amide bonds. The van der Waals surface area contributed by atoms with Crippen molar-refractivity contribution in [2.24, 2.45) is 11.5 Å². The summed E-state index contributed by atoms with van der Waals surface area (Å²) in [6.07, 6.45) is 4.80. The Bertz CT molecular complexity index is 67.5. The molecule has 1 fully saturated rings. The molecule has 3 heteroatoms. The lowest BCUT2D eigenvalue weighted by atomic mass is 9.92. The van der Waals surface area contributed by atoms with Gasteiger partial charge >= 0.3 is 0 Å². The van der Waals surface area contributed by atoms with Crippen LogP contribution in [0.4, 0.5) is 0 Å². The van der Waals surface area contributed by atoms with Gasteiger partial charge in [-0.15, -0.1) is 0 Å². The van der Waals surface area contributed by atoms with E-state index in [0.717, 1.165) is 12.8 Å². The number of rotatable bonds is 0. The van der Waals surface area contributed by atoms with E-state index in [9.17, 15) is 0 Å². The van der Waals surface area contributed by atoms with Crippen molar-refractivity contribution in [1.29, 1.82) is 0 Å². The van der Waals surface area contributed by atoms with Gasteiger partial charge < -0.3 is 11.5 Å². The van der Waals surface area contributed by atoms with E-state index in [4.69, 9.17) is 11.5 Å². The molecule has 1 rings (SSSR count). The SMILES string of the molecule is N[C@@H]1CCCC[C@H]1N.[B]. The predicted octanol–water partition coefficient (Wildman–Crippen LogP) is -0.166. The lowest BCUT2D eigenvalue weighted by Gasteiger charge is -2.24. The van der Waals surface area contributed by atoms with E-state index >= 15 is 0 Å². The predicted molar refractivity (Wildman–Crippen MR) is 40.2 cm³/mol. The van der Waals surface area contributed by atoms with Crippen molar-refractivity contribution in [1.82, 2.24) is 0 Å². The average Bonchev–Trinajstić information content (AvgIpc) is 1.77. The van der Waals surface area contributed by atoms with Crippen LogP contribution in [-0.2, 0) is 0 Å². The molecule has 1 aliphatic rings. The van der Waals surface area contributed by atoms with E-state index < -0.39 is 0 Å². The lowest BCUT2D eigenvalue weighted by Crippen LogP contribution is -2.43. The van der Waals surface area contributed by atoms with Crippen molar-refractivity contribution >= 4 is 8.41 Å². The summed E-state index contributed by atoms with van der Waals surface area (Å²) in [5.41, 5.74) is 11.3. The minimum absolute atomic E-state index is 0. The van der Waals surface area contributed by atoms with Gasteiger partial charge in [-0.1, -0.05) is 12.8 Å². The molecule has 0 saturated heterocycles. The summed E-state index contributed by atoms with van der Waals surface area (Å²) in [4.78, 5) is 0. The second-order valence-corrected chi connectivity index (χ2v) is 2.61. The molecule has 0 aromatic heterocycles. The first-order valence-corrected chi connectivity index (χ1v) is 3.32. The van der Waals surface area contributed by atoms with E-state index in [1.807, 2.05) is 0 Å². The zero-order valence-corrected chi connectivity index (χ0v) is 5.72. The summed E-state index contributed by atoms with van der Waals surface area (Å²) in [5.74, 6) is 0. The van der Waals surface area contributed by atoms with Gasteiger partial charge in [0.25, 0.3) is 0 Å². The molecule has 4 N–H and O–H groups in total. The van der Waals surface area contributed by atoms with Gasteiger partial charge in [0.2, 0.25) is 0 Å². The summed E-state index contributed by atoms with van der Waals surface area (Å²) >= 11 is 0. The largest absolute Gasteiger partial charge is 0.326 e. The Hall–Kier alpha value is -0.0151. The minimum atomic E-state index is 0. The van der Waals surface area contributed by atoms with E-state index in [1.54, 1.807) is 0 Å². The van der Waals surface area contributed by atoms with Crippen LogP contribution >= 0.6 is 0 Å². The molecule has 1 saturated carbocycles. The van der Waals surface area contributed by atoms with Gasteiger partial charge in [-0.25, -0.2) is 0 Å². The third kappa shape index (κ3) is 2.37. The molecule has 3 radical (unpaired) electrons. The molecule has 0 spiro atoms. The van der Waals surface area contributed by atoms with Crippen LogP contribution in [0, 0.1) is 0 Å². The maximum Gasteiger partial charge on any atom is 0.0192 e. The van der Waals surface area contributed by atoms with Crippen molar-refractivity contribution in [3.05, 3.63) is 0 Å². The van der Waals surface area contributed by atoms with Crippen molar-refractivity contribution < 1.29 is 0 Å². The Morgan fingerprint density at radius 2 is 1.22 bits per heavy atom. The summed E-state index contributed by atoms with van der Waals surface area (Å²) in [6.45, 7) is 0. The van der Waals surface area contributed by atoms with E-state index in [0.29, 0.717) is 0 Å². The van der Waals surface area contributed by atoms with Gasteiger partial charge in [0.1, 0.15) is 0 Å². The quantitative estimate of drug-likeness (QED) is 0.441. The average molecular weight is 125 g/mol. The third-order valence-corrected chi connectivity index (χ3v) is 1.87. The van der Waals surface area contributed by atoms with Crippen LogP contribution in [0.5, 0.6) is 0 Å². The molecule has 0 aromatic carbocycles. The minimum Gasteiger partial charge on any atom is -0.326 e. The number of hydrogen-bond donors (Lipinski definition) is 2. The Labute approximate surface area is 58.6 Å². The van der Waals surface area contributed by atoms with Gasteiger partial charge in [0.05, 0.1) is 0 Å². The molecule has 2 atom stereocenters. The summed E-state index contributed by atoms with van der Waals surface area (Å²) in [7, 11) is 0. The number of hydrogen-bond acceptors (Lipinski definition) is 2. The fourth-order valence-corrected chi connectivity index (χ4v) is 1.19. The molecule has 0 bridgehead atoms. The zero-order valence-electron chi connectivity index (χ0n) is 5.72. The van der Waals surface area contributed by atoms with Gasteiger partial charge in [-0.3, -0.25) is 0 Å². The molecule has 9 heavy (non-hydrogen) atoms. The lowest BCUT2D eigenvalue weighted by molar-refractivity contribution is 0.385. The van der Waals surface area contributed by atoms with Crippen LogP contribution in [0.25, 0.3) is 0 Å². The Balaban J connectivity index is 0.000000640. The van der Waals surface area contributed by atoms with Crippen molar-refractivity contribution in [3.63, 3.8) is 0 Å². The van der Waals surface area contributed by atoms with E-state index in [1.165, 1.54) is 12.8 Å². The van der Waals surface area contributed by atoms with Crippen LogP contribution in [0.2, 0.25) is 0 Å². The third-order valence-electron chi connectivity index (χ3n) is 1.87. The highest BCUT2D eigenvalue weighted by Crippen LogP contribution is 2.14.